The summed E-state index contributed by atoms with van der Waals surface area (Å²) in [4.78, 5) is 30.8. The third-order valence-corrected chi connectivity index (χ3v) is 5.52. The lowest BCUT2D eigenvalue weighted by Crippen LogP contribution is -2.31. The summed E-state index contributed by atoms with van der Waals surface area (Å²) in [5.74, 6) is 0. The molecular weight excluding hydrogens is 352 g/mol. The Morgan fingerprint density at radius 3 is 2.50 bits per heavy atom. The van der Waals surface area contributed by atoms with Crippen molar-refractivity contribution in [2.75, 3.05) is 4.72 Å². The van der Waals surface area contributed by atoms with E-state index in [0.29, 0.717) is 5.69 Å². The Bertz CT molecular complexity index is 1100. The third-order valence-electron chi connectivity index (χ3n) is 3.14. The van der Waals surface area contributed by atoms with E-state index in [0.717, 1.165) is 16.9 Å². The second kappa shape index (κ2) is 6.06. The second-order valence-electron chi connectivity index (χ2n) is 4.87. The van der Waals surface area contributed by atoms with Crippen LogP contribution in [-0.4, -0.2) is 23.4 Å². The summed E-state index contributed by atoms with van der Waals surface area (Å²) in [5, 5.41) is 1.83. The van der Waals surface area contributed by atoms with Crippen molar-refractivity contribution in [2.45, 2.75) is 11.8 Å². The Kier molecular flexibility index (Phi) is 4.08. The van der Waals surface area contributed by atoms with E-state index in [1.807, 2.05) is 35.3 Å². The standard InChI is InChI=1S/C14H12N4O4S2/c1-8-11(12(19)17-13(20)15-8)24(21,22)18-14-16-10(7-23-14)9-5-3-2-4-6-9/h2-7H,1H3,(H,16,18)(H2,15,17,19,20). The highest BCUT2D eigenvalue weighted by molar-refractivity contribution is 7.93. The molecule has 0 aliphatic rings. The minimum absolute atomic E-state index is 0.0453. The maximum absolute atomic E-state index is 12.4. The molecule has 0 fully saturated rings. The SMILES string of the molecule is Cc1[nH]c(=O)[nH]c(=O)c1S(=O)(=O)Nc1nc(-c2ccccc2)cs1. The van der Waals surface area contributed by atoms with Gasteiger partial charge in [-0.15, -0.1) is 11.3 Å². The average Bonchev–Trinajstić information content (AvgIpc) is 2.94. The molecule has 8 nitrogen and oxygen atoms in total. The van der Waals surface area contributed by atoms with Crippen LogP contribution in [0.3, 0.4) is 0 Å². The number of thiazole rings is 1. The van der Waals surface area contributed by atoms with Gasteiger partial charge < -0.3 is 4.98 Å². The van der Waals surface area contributed by atoms with Crippen LogP contribution in [0.1, 0.15) is 5.69 Å². The molecule has 0 saturated carbocycles. The number of benzene rings is 1. The first-order chi connectivity index (χ1) is 11.4. The summed E-state index contributed by atoms with van der Waals surface area (Å²) < 4.78 is 27.1. The lowest BCUT2D eigenvalue weighted by atomic mass is 10.2. The van der Waals surface area contributed by atoms with Crippen LogP contribution < -0.4 is 16.0 Å². The van der Waals surface area contributed by atoms with Crippen molar-refractivity contribution in [1.29, 1.82) is 0 Å². The molecule has 1 aromatic carbocycles. The van der Waals surface area contributed by atoms with Gasteiger partial charge in [0, 0.05) is 16.6 Å². The van der Waals surface area contributed by atoms with E-state index in [1.54, 1.807) is 5.38 Å². The van der Waals surface area contributed by atoms with Crippen LogP contribution >= 0.6 is 11.3 Å². The van der Waals surface area contributed by atoms with E-state index in [1.165, 1.54) is 6.92 Å². The molecule has 0 spiro atoms. The average molecular weight is 364 g/mol. The molecule has 0 atom stereocenters. The van der Waals surface area contributed by atoms with Crippen molar-refractivity contribution in [2.24, 2.45) is 0 Å². The molecule has 3 aromatic rings. The molecule has 0 radical (unpaired) electrons. The minimum atomic E-state index is -4.18. The van der Waals surface area contributed by atoms with E-state index < -0.39 is 26.2 Å². The van der Waals surface area contributed by atoms with Gasteiger partial charge in [-0.3, -0.25) is 14.5 Å². The number of nitrogens with one attached hydrogen (secondary N) is 3. The number of H-pyrrole nitrogens is 2. The topological polar surface area (TPSA) is 125 Å². The molecule has 0 unspecified atom stereocenters. The van der Waals surface area contributed by atoms with E-state index in [-0.39, 0.29) is 10.8 Å². The molecule has 24 heavy (non-hydrogen) atoms. The zero-order valence-corrected chi connectivity index (χ0v) is 14.0. The van der Waals surface area contributed by atoms with Crippen molar-refractivity contribution >= 4 is 26.5 Å². The molecule has 3 N–H and O–H groups in total. The van der Waals surface area contributed by atoms with Crippen molar-refractivity contribution < 1.29 is 8.42 Å². The van der Waals surface area contributed by atoms with Gasteiger partial charge in [0.05, 0.1) is 5.69 Å². The molecule has 10 heteroatoms. The second-order valence-corrected chi connectivity index (χ2v) is 7.35. The zero-order chi connectivity index (χ0) is 17.3. The van der Waals surface area contributed by atoms with Gasteiger partial charge in [0.15, 0.2) is 10.0 Å². The number of hydrogen-bond acceptors (Lipinski definition) is 6. The summed E-state index contributed by atoms with van der Waals surface area (Å²) >= 11 is 1.10. The number of aryl methyl sites for hydroxylation is 1. The Morgan fingerprint density at radius 2 is 1.83 bits per heavy atom. The third kappa shape index (κ3) is 3.14. The highest BCUT2D eigenvalue weighted by Crippen LogP contribution is 2.26. The van der Waals surface area contributed by atoms with E-state index >= 15 is 0 Å². The van der Waals surface area contributed by atoms with Crippen molar-refractivity contribution in [3.8, 4) is 11.3 Å². The number of hydrogen-bond donors (Lipinski definition) is 3. The van der Waals surface area contributed by atoms with E-state index in [2.05, 4.69) is 14.7 Å². The van der Waals surface area contributed by atoms with Crippen LogP contribution in [0.4, 0.5) is 5.13 Å². The van der Waals surface area contributed by atoms with Gasteiger partial charge in [0.2, 0.25) is 0 Å². The molecule has 0 amide bonds. The number of anilines is 1. The van der Waals surface area contributed by atoms with Gasteiger partial charge in [0.1, 0.15) is 0 Å². The number of sulfonamides is 1. The number of aromatic amines is 2. The van der Waals surface area contributed by atoms with Gasteiger partial charge in [-0.2, -0.15) is 0 Å². The van der Waals surface area contributed by atoms with Gasteiger partial charge in [-0.1, -0.05) is 30.3 Å². The first kappa shape index (κ1) is 16.1. The highest BCUT2D eigenvalue weighted by atomic mass is 32.2. The minimum Gasteiger partial charge on any atom is -0.310 e. The van der Waals surface area contributed by atoms with Crippen LogP contribution in [0.15, 0.2) is 50.2 Å². The predicted molar refractivity (Wildman–Crippen MR) is 90.8 cm³/mol. The number of rotatable bonds is 4. The quantitative estimate of drug-likeness (QED) is 0.643. The molecular formula is C14H12N4O4S2. The molecule has 2 aromatic heterocycles. The first-order valence-corrected chi connectivity index (χ1v) is 9.10. The molecule has 124 valence electrons. The number of aromatic nitrogens is 3. The Morgan fingerprint density at radius 1 is 1.12 bits per heavy atom. The van der Waals surface area contributed by atoms with Crippen LogP contribution in [0, 0.1) is 6.92 Å². The van der Waals surface area contributed by atoms with Gasteiger partial charge in [-0.25, -0.2) is 18.2 Å². The monoisotopic (exact) mass is 364 g/mol. The summed E-state index contributed by atoms with van der Waals surface area (Å²) in [7, 11) is -4.18. The lowest BCUT2D eigenvalue weighted by molar-refractivity contribution is 0.598. The molecule has 0 bridgehead atoms. The summed E-state index contributed by atoms with van der Waals surface area (Å²) in [6.45, 7) is 1.34. The number of nitrogens with zero attached hydrogens (tertiary/aromatic N) is 1. The summed E-state index contributed by atoms with van der Waals surface area (Å²) in [5.41, 5.74) is -0.334. The maximum atomic E-state index is 12.4. The van der Waals surface area contributed by atoms with Gasteiger partial charge in [-0.05, 0) is 6.92 Å². The fraction of sp³-hybridized carbons (Fsp3) is 0.0714. The van der Waals surface area contributed by atoms with E-state index in [9.17, 15) is 18.0 Å². The smallest absolute Gasteiger partial charge is 0.310 e. The maximum Gasteiger partial charge on any atom is 0.325 e. The summed E-state index contributed by atoms with van der Waals surface area (Å²) in [6, 6.07) is 9.27. The van der Waals surface area contributed by atoms with E-state index in [4.69, 9.17) is 0 Å². The molecule has 0 saturated heterocycles. The van der Waals surface area contributed by atoms with Crippen LogP contribution in [-0.2, 0) is 10.0 Å². The largest absolute Gasteiger partial charge is 0.325 e. The Balaban J connectivity index is 1.96. The lowest BCUT2D eigenvalue weighted by Gasteiger charge is -2.06. The molecule has 2 heterocycles. The Hall–Kier alpha value is -2.72. The van der Waals surface area contributed by atoms with Crippen molar-refractivity contribution in [1.82, 2.24) is 15.0 Å². The fourth-order valence-corrected chi connectivity index (χ4v) is 4.35. The normalized spacial score (nSPS) is 11.4. The van der Waals surface area contributed by atoms with Gasteiger partial charge >= 0.3 is 5.69 Å². The van der Waals surface area contributed by atoms with Crippen molar-refractivity contribution in [3.05, 3.63) is 62.2 Å². The predicted octanol–water partition coefficient (Wildman–Crippen LogP) is 1.30. The molecule has 0 aliphatic carbocycles. The first-order valence-electron chi connectivity index (χ1n) is 6.74. The van der Waals surface area contributed by atoms with Crippen molar-refractivity contribution in [3.63, 3.8) is 0 Å². The molecule has 3 rings (SSSR count). The highest BCUT2D eigenvalue weighted by Gasteiger charge is 2.23. The van der Waals surface area contributed by atoms with Crippen LogP contribution in [0.2, 0.25) is 0 Å². The zero-order valence-electron chi connectivity index (χ0n) is 12.4. The Labute approximate surface area is 140 Å². The molecule has 0 aliphatic heterocycles. The van der Waals surface area contributed by atoms with Gasteiger partial charge in [0.25, 0.3) is 15.6 Å². The van der Waals surface area contributed by atoms with Crippen LogP contribution in [0.5, 0.6) is 0 Å². The summed E-state index contributed by atoms with van der Waals surface area (Å²) in [6.07, 6.45) is 0. The van der Waals surface area contributed by atoms with Crippen LogP contribution in [0.25, 0.3) is 11.3 Å². The fourth-order valence-electron chi connectivity index (χ4n) is 2.14.